The molecule has 11 aromatic rings. The fraction of sp³-hybridized carbons (Fsp3) is 0.0303. The summed E-state index contributed by atoms with van der Waals surface area (Å²) in [6.07, 6.45) is 3.71. The highest BCUT2D eigenvalue weighted by Crippen LogP contribution is 2.60. The maximum Gasteiger partial charge on any atom is 0.137 e. The molecule has 0 aliphatic heterocycles. The third-order valence-electron chi connectivity index (χ3n) is 14.9. The first kappa shape index (κ1) is 41.3. The molecule has 0 radical (unpaired) electrons. The van der Waals surface area contributed by atoms with E-state index in [4.69, 9.17) is 4.42 Å². The minimum Gasteiger partial charge on any atom is -0.456 e. The zero-order valence-corrected chi connectivity index (χ0v) is 38.0. The summed E-state index contributed by atoms with van der Waals surface area (Å²) in [6.45, 7) is 8.10. The van der Waals surface area contributed by atoms with Crippen LogP contribution in [0.1, 0.15) is 55.6 Å². The summed E-state index contributed by atoms with van der Waals surface area (Å²) in [4.78, 5) is 2.33. The highest BCUT2D eigenvalue weighted by molar-refractivity contribution is 6.06. The van der Waals surface area contributed by atoms with Gasteiger partial charge < -0.3 is 9.32 Å². The van der Waals surface area contributed by atoms with Gasteiger partial charge in [0.05, 0.1) is 10.8 Å². The average Bonchev–Trinajstić information content (AvgIpc) is 4.04. The molecule has 4 heteroatoms. The van der Waals surface area contributed by atoms with E-state index in [0.29, 0.717) is 0 Å². The Bertz CT molecular complexity index is 3690. The van der Waals surface area contributed by atoms with Crippen molar-refractivity contribution in [3.05, 3.63) is 305 Å². The number of hydrogen-bond acceptors (Lipinski definition) is 2. The Kier molecular flexibility index (Phi) is 9.37. The molecule has 0 saturated heterocycles. The lowest BCUT2D eigenvalue weighted by atomic mass is 9.67. The molecule has 0 bridgehead atoms. The maximum absolute atomic E-state index is 15.0. The van der Waals surface area contributed by atoms with E-state index in [2.05, 4.69) is 176 Å². The van der Waals surface area contributed by atoms with Crippen LogP contribution < -0.4 is 4.90 Å². The Morgan fingerprint density at radius 1 is 0.357 bits per heavy atom. The van der Waals surface area contributed by atoms with Gasteiger partial charge in [0.25, 0.3) is 0 Å². The number of para-hydroxylation sites is 1. The summed E-state index contributed by atoms with van der Waals surface area (Å²) in [6, 6.07) is 76.5. The number of furan rings is 1. The Hall–Kier alpha value is -8.86. The third kappa shape index (κ3) is 5.96. The molecular formula is C66H43F2NO. The summed E-state index contributed by atoms with van der Waals surface area (Å²) in [5, 5.41) is 2.09. The second-order valence-electron chi connectivity index (χ2n) is 18.3. The van der Waals surface area contributed by atoms with Crippen LogP contribution in [0.4, 0.5) is 25.8 Å². The Balaban J connectivity index is 1.10. The van der Waals surface area contributed by atoms with Crippen LogP contribution in [-0.4, -0.2) is 0 Å². The Labute approximate surface area is 405 Å². The van der Waals surface area contributed by atoms with Gasteiger partial charge in [-0.3, -0.25) is 0 Å². The van der Waals surface area contributed by atoms with E-state index < -0.39 is 10.8 Å². The largest absolute Gasteiger partial charge is 0.456 e. The van der Waals surface area contributed by atoms with Crippen LogP contribution in [0.3, 0.4) is 0 Å². The van der Waals surface area contributed by atoms with Crippen molar-refractivity contribution in [1.82, 2.24) is 0 Å². The van der Waals surface area contributed by atoms with Crippen LogP contribution in [0.25, 0.3) is 56.3 Å². The van der Waals surface area contributed by atoms with Gasteiger partial charge in [0, 0.05) is 33.9 Å². The molecule has 2 aliphatic rings. The first-order valence-corrected chi connectivity index (χ1v) is 23.6. The van der Waals surface area contributed by atoms with Gasteiger partial charge in [0.15, 0.2) is 0 Å². The highest BCUT2D eigenvalue weighted by atomic mass is 19.1. The zero-order valence-electron chi connectivity index (χ0n) is 38.0. The van der Waals surface area contributed by atoms with E-state index in [1.54, 1.807) is 24.3 Å². The lowest BCUT2D eigenvalue weighted by Crippen LogP contribution is -2.29. The normalized spacial score (nSPS) is 16.4. The smallest absolute Gasteiger partial charge is 0.137 e. The number of fused-ring (bicyclic) bond motifs is 9. The number of benzene rings is 10. The van der Waals surface area contributed by atoms with Crippen LogP contribution >= 0.6 is 0 Å². The van der Waals surface area contributed by atoms with Crippen molar-refractivity contribution in [3.63, 3.8) is 0 Å². The van der Waals surface area contributed by atoms with Crippen LogP contribution in [0, 0.1) is 11.6 Å². The predicted molar refractivity (Wildman–Crippen MR) is 283 cm³/mol. The standard InChI is InChI=1S/C66H43F2NO/c1-3-42-17-21-44(22-18-42)65(46-25-29-48(67)30-26-46)59-14-8-5-11-53(59)55-36-33-50(39-61(55)65)69(52-35-38-58-57-13-7-10-16-63(57)70-64(58)41-52)51-34-37-56-54-12-6-9-15-60(54)66(62(56)40-51,47-27-31-49(68)32-28-47)45-23-19-43(4-2)20-24-45/h3-41H,1-2H2. The number of rotatable bonds is 9. The summed E-state index contributed by atoms with van der Waals surface area (Å²) in [5.41, 5.74) is 17.7. The molecule has 1 heterocycles. The van der Waals surface area contributed by atoms with E-state index in [1.807, 2.05) is 54.6 Å². The molecule has 13 rings (SSSR count). The van der Waals surface area contributed by atoms with E-state index in [0.717, 1.165) is 117 Å². The monoisotopic (exact) mass is 903 g/mol. The molecule has 10 aromatic carbocycles. The SMILES string of the molecule is C=Cc1ccc(C2(c3ccc(F)cc3)c3ccccc3-c3ccc(N(c4ccc5c(c4)C(c4ccc(F)cc4)(c4ccc(C=C)cc4)c4ccccc4-5)c4ccc5c(c4)oc4ccccc45)cc32)cc1. The zero-order chi connectivity index (χ0) is 47.1. The van der Waals surface area contributed by atoms with Crippen LogP contribution in [0.15, 0.2) is 242 Å². The van der Waals surface area contributed by atoms with Gasteiger partial charge in [-0.25, -0.2) is 8.78 Å². The third-order valence-corrected chi connectivity index (χ3v) is 14.9. The second-order valence-corrected chi connectivity index (χ2v) is 18.3. The van der Waals surface area contributed by atoms with Gasteiger partial charge in [-0.2, -0.15) is 0 Å². The fourth-order valence-electron chi connectivity index (χ4n) is 11.8. The molecule has 332 valence electrons. The van der Waals surface area contributed by atoms with Crippen molar-refractivity contribution in [2.24, 2.45) is 0 Å². The molecule has 0 spiro atoms. The van der Waals surface area contributed by atoms with Gasteiger partial charge in [0.1, 0.15) is 22.8 Å². The maximum atomic E-state index is 15.0. The molecule has 2 unspecified atom stereocenters. The van der Waals surface area contributed by atoms with E-state index in [1.165, 1.54) is 0 Å². The second kappa shape index (κ2) is 15.9. The van der Waals surface area contributed by atoms with E-state index in [9.17, 15) is 8.78 Å². The summed E-state index contributed by atoms with van der Waals surface area (Å²) < 4.78 is 36.5. The van der Waals surface area contributed by atoms with Gasteiger partial charge in [-0.1, -0.05) is 177 Å². The number of nitrogens with zero attached hydrogens (tertiary/aromatic N) is 1. The van der Waals surface area contributed by atoms with Crippen molar-refractivity contribution in [2.75, 3.05) is 4.90 Å². The number of anilines is 3. The molecule has 70 heavy (non-hydrogen) atoms. The molecule has 1 aromatic heterocycles. The van der Waals surface area contributed by atoms with E-state index in [-0.39, 0.29) is 11.6 Å². The van der Waals surface area contributed by atoms with Crippen molar-refractivity contribution in [3.8, 4) is 22.3 Å². The topological polar surface area (TPSA) is 16.4 Å². The first-order valence-electron chi connectivity index (χ1n) is 23.6. The Morgan fingerprint density at radius 2 is 0.743 bits per heavy atom. The lowest BCUT2D eigenvalue weighted by molar-refractivity contribution is 0.624. The Morgan fingerprint density at radius 3 is 1.23 bits per heavy atom. The lowest BCUT2D eigenvalue weighted by Gasteiger charge is -2.36. The van der Waals surface area contributed by atoms with Crippen molar-refractivity contribution in [1.29, 1.82) is 0 Å². The predicted octanol–water partition coefficient (Wildman–Crippen LogP) is 17.3. The molecule has 0 N–H and O–H groups in total. The molecule has 0 saturated carbocycles. The molecule has 0 amide bonds. The van der Waals surface area contributed by atoms with Gasteiger partial charge in [0.2, 0.25) is 0 Å². The highest BCUT2D eigenvalue weighted by Gasteiger charge is 2.48. The molecule has 0 fully saturated rings. The van der Waals surface area contributed by atoms with Crippen molar-refractivity contribution < 1.29 is 13.2 Å². The van der Waals surface area contributed by atoms with Gasteiger partial charge >= 0.3 is 0 Å². The minimum atomic E-state index is -0.807. The summed E-state index contributed by atoms with van der Waals surface area (Å²) in [7, 11) is 0. The van der Waals surface area contributed by atoms with Gasteiger partial charge in [-0.15, -0.1) is 0 Å². The van der Waals surface area contributed by atoms with Gasteiger partial charge in [-0.05, 0) is 145 Å². The summed E-state index contributed by atoms with van der Waals surface area (Å²) >= 11 is 0. The van der Waals surface area contributed by atoms with Crippen molar-refractivity contribution >= 4 is 51.2 Å². The average molecular weight is 904 g/mol. The van der Waals surface area contributed by atoms with E-state index >= 15 is 0 Å². The molecule has 2 aliphatic carbocycles. The minimum absolute atomic E-state index is 0.291. The summed E-state index contributed by atoms with van der Waals surface area (Å²) in [5.74, 6) is -0.583. The van der Waals surface area contributed by atoms with Crippen LogP contribution in [0.5, 0.6) is 0 Å². The first-order chi connectivity index (χ1) is 34.4. The molecule has 2 nitrogen and oxygen atoms in total. The van der Waals surface area contributed by atoms with Crippen LogP contribution in [0.2, 0.25) is 0 Å². The fourth-order valence-corrected chi connectivity index (χ4v) is 11.8. The quantitative estimate of drug-likeness (QED) is 0.143. The molecular weight excluding hydrogens is 861 g/mol. The van der Waals surface area contributed by atoms with Crippen LogP contribution in [-0.2, 0) is 10.8 Å². The molecule has 2 atom stereocenters. The number of hydrogen-bond donors (Lipinski definition) is 0. The van der Waals surface area contributed by atoms with Crippen molar-refractivity contribution in [2.45, 2.75) is 10.8 Å². The number of halogens is 2.